The Kier molecular flexibility index (Phi) is 4.23. The molecule has 0 aromatic carbocycles. The number of hydroxylamine groups is 2. The van der Waals surface area contributed by atoms with Gasteiger partial charge in [0.15, 0.2) is 17.3 Å². The largest absolute Gasteiger partial charge is 0.476 e. The number of carboxylic acids is 1. The summed E-state index contributed by atoms with van der Waals surface area (Å²) in [6.45, 7) is 3.86. The molecule has 9 nitrogen and oxygen atoms in total. The normalized spacial score (nSPS) is 19.6. The molecule has 1 N–H and O–H groups in total. The second-order valence-corrected chi connectivity index (χ2v) is 6.60. The highest BCUT2D eigenvalue weighted by Gasteiger charge is 2.47. The first kappa shape index (κ1) is 17.3. The third-order valence-corrected chi connectivity index (χ3v) is 4.78. The van der Waals surface area contributed by atoms with Crippen molar-refractivity contribution in [2.75, 3.05) is 6.54 Å². The lowest BCUT2D eigenvalue weighted by Gasteiger charge is -2.17. The molecule has 1 fully saturated rings. The lowest BCUT2D eigenvalue weighted by Crippen LogP contribution is -2.24. The van der Waals surface area contributed by atoms with Crippen molar-refractivity contribution in [1.82, 2.24) is 24.8 Å². The highest BCUT2D eigenvalue weighted by atomic mass is 16.7. The molecule has 0 radical (unpaired) electrons. The molecular formula is C18H19N5O4. The Labute approximate surface area is 155 Å². The molecule has 3 heterocycles. The Bertz CT molecular complexity index is 933. The average molecular weight is 369 g/mol. The van der Waals surface area contributed by atoms with Gasteiger partial charge in [0.05, 0.1) is 11.3 Å². The van der Waals surface area contributed by atoms with Crippen molar-refractivity contribution in [1.29, 1.82) is 0 Å². The van der Waals surface area contributed by atoms with Crippen LogP contribution < -0.4 is 0 Å². The molecule has 1 unspecified atom stereocenters. The third-order valence-electron chi connectivity index (χ3n) is 4.78. The highest BCUT2D eigenvalue weighted by molar-refractivity contribution is 6.14. The van der Waals surface area contributed by atoms with E-state index in [9.17, 15) is 14.7 Å². The number of likely N-dealkylation sites (N-methyl/N-ethyl adjacent to an activating group) is 1. The van der Waals surface area contributed by atoms with Gasteiger partial charge in [-0.25, -0.2) is 24.5 Å². The Balaban J connectivity index is 1.75. The van der Waals surface area contributed by atoms with Crippen molar-refractivity contribution in [3.8, 4) is 5.82 Å². The second-order valence-electron chi connectivity index (χ2n) is 6.60. The number of carbonyl (C=O) groups is 2. The molecule has 2 aromatic rings. The highest BCUT2D eigenvalue weighted by Crippen LogP contribution is 2.43. The summed E-state index contributed by atoms with van der Waals surface area (Å²) in [6.07, 6.45) is 4.25. The van der Waals surface area contributed by atoms with Crippen LogP contribution in [0.1, 0.15) is 35.8 Å². The first-order valence-corrected chi connectivity index (χ1v) is 8.80. The molecule has 0 amide bonds. The van der Waals surface area contributed by atoms with E-state index in [4.69, 9.17) is 4.84 Å². The Morgan fingerprint density at radius 3 is 2.67 bits per heavy atom. The zero-order valence-corrected chi connectivity index (χ0v) is 15.0. The van der Waals surface area contributed by atoms with Crippen LogP contribution in [0.15, 0.2) is 36.1 Å². The van der Waals surface area contributed by atoms with E-state index in [1.165, 1.54) is 22.4 Å². The fourth-order valence-electron chi connectivity index (χ4n) is 3.31. The molecule has 0 saturated heterocycles. The van der Waals surface area contributed by atoms with Gasteiger partial charge in [0.1, 0.15) is 18.8 Å². The average Bonchev–Trinajstić information content (AvgIpc) is 3.20. The maximum absolute atomic E-state index is 13.3. The predicted octanol–water partition coefficient (Wildman–Crippen LogP) is 1.54. The van der Waals surface area contributed by atoms with Crippen LogP contribution in [0.5, 0.6) is 0 Å². The molecule has 4 rings (SSSR count). The lowest BCUT2D eigenvalue weighted by atomic mass is 9.94. The van der Waals surface area contributed by atoms with Crippen LogP contribution in [-0.4, -0.2) is 54.3 Å². The summed E-state index contributed by atoms with van der Waals surface area (Å²) in [5, 5.41) is 15.0. The fraction of sp³-hybridized carbons (Fsp3) is 0.389. The van der Waals surface area contributed by atoms with Gasteiger partial charge in [-0.05, 0) is 44.7 Å². The molecule has 140 valence electrons. The zero-order valence-electron chi connectivity index (χ0n) is 15.0. The molecule has 1 aliphatic heterocycles. The Hall–Kier alpha value is -3.07. The monoisotopic (exact) mass is 369 g/mol. The van der Waals surface area contributed by atoms with E-state index in [0.29, 0.717) is 23.6 Å². The van der Waals surface area contributed by atoms with Gasteiger partial charge < -0.3 is 5.11 Å². The maximum atomic E-state index is 13.3. The van der Waals surface area contributed by atoms with Crippen molar-refractivity contribution in [3.05, 3.63) is 47.3 Å². The Morgan fingerprint density at radius 1 is 1.33 bits per heavy atom. The number of carboxylic acid groups (broad SMARTS) is 1. The summed E-state index contributed by atoms with van der Waals surface area (Å²) in [4.78, 5) is 39.2. The summed E-state index contributed by atoms with van der Waals surface area (Å²) in [6, 6.07) is 3.31. The summed E-state index contributed by atoms with van der Waals surface area (Å²) in [5.41, 5.74) is 0.999. The number of ketones is 1. The van der Waals surface area contributed by atoms with Crippen LogP contribution in [0.25, 0.3) is 5.82 Å². The van der Waals surface area contributed by atoms with Crippen LogP contribution in [0, 0.1) is 12.8 Å². The number of nitrogens with zero attached hydrogens (tertiary/aromatic N) is 5. The maximum Gasteiger partial charge on any atom is 0.355 e. The number of pyridine rings is 1. The number of aromatic nitrogens is 4. The second kappa shape index (κ2) is 6.58. The van der Waals surface area contributed by atoms with Gasteiger partial charge in [-0.1, -0.05) is 0 Å². The van der Waals surface area contributed by atoms with Gasteiger partial charge in [0, 0.05) is 12.1 Å². The molecule has 9 heteroatoms. The van der Waals surface area contributed by atoms with Crippen LogP contribution in [0.2, 0.25) is 0 Å². The fourth-order valence-corrected chi connectivity index (χ4v) is 3.31. The quantitative estimate of drug-likeness (QED) is 0.764. The number of aryl methyl sites for hydroxylation is 1. The molecular weight excluding hydrogens is 350 g/mol. The van der Waals surface area contributed by atoms with Gasteiger partial charge in [-0.2, -0.15) is 5.10 Å². The van der Waals surface area contributed by atoms with Crippen LogP contribution in [0.4, 0.5) is 0 Å². The van der Waals surface area contributed by atoms with E-state index >= 15 is 0 Å². The summed E-state index contributed by atoms with van der Waals surface area (Å²) < 4.78 is 1.49. The molecule has 1 atom stereocenters. The van der Waals surface area contributed by atoms with Crippen molar-refractivity contribution >= 4 is 11.8 Å². The van der Waals surface area contributed by atoms with E-state index in [-0.39, 0.29) is 23.0 Å². The van der Waals surface area contributed by atoms with E-state index in [1.54, 1.807) is 26.0 Å². The minimum atomic E-state index is -1.16. The van der Waals surface area contributed by atoms with Crippen LogP contribution in [-0.2, 0) is 9.63 Å². The number of rotatable bonds is 6. The van der Waals surface area contributed by atoms with Crippen molar-refractivity contribution in [2.45, 2.75) is 32.8 Å². The molecule has 1 aliphatic carbocycles. The summed E-state index contributed by atoms with van der Waals surface area (Å²) in [7, 11) is 0. The SMILES string of the molecule is CCN1OC(C2CC2)C(C(=O)c2ccc(-n3cncn3)nc2C)=C1C(=O)O. The van der Waals surface area contributed by atoms with Crippen molar-refractivity contribution in [3.63, 3.8) is 0 Å². The molecule has 2 aromatic heterocycles. The van der Waals surface area contributed by atoms with Gasteiger partial charge in [-0.15, -0.1) is 0 Å². The third kappa shape index (κ3) is 2.99. The summed E-state index contributed by atoms with van der Waals surface area (Å²) >= 11 is 0. The number of Topliss-reactive ketones (excluding diaryl/α,β-unsaturated/α-hetero) is 1. The van der Waals surface area contributed by atoms with Crippen molar-refractivity contribution in [2.24, 2.45) is 5.92 Å². The first-order valence-electron chi connectivity index (χ1n) is 8.80. The number of hydrogen-bond donors (Lipinski definition) is 1. The summed E-state index contributed by atoms with van der Waals surface area (Å²) in [5.74, 6) is -0.799. The molecule has 0 spiro atoms. The van der Waals surface area contributed by atoms with Crippen molar-refractivity contribution < 1.29 is 19.5 Å². The van der Waals surface area contributed by atoms with Gasteiger partial charge in [0.2, 0.25) is 0 Å². The Morgan fingerprint density at radius 2 is 2.11 bits per heavy atom. The molecule has 2 aliphatic rings. The van der Waals surface area contributed by atoms with E-state index < -0.39 is 12.1 Å². The smallest absolute Gasteiger partial charge is 0.355 e. The molecule has 0 bridgehead atoms. The number of aliphatic carboxylic acids is 1. The minimum Gasteiger partial charge on any atom is -0.476 e. The standard InChI is InChI=1S/C18H19N5O4/c1-3-23-15(18(25)26)14(17(27-23)11-4-5-11)16(24)12-6-7-13(21-10(12)2)22-9-19-8-20-22/h6-9,11,17H,3-5H2,1-2H3,(H,25,26). The van der Waals surface area contributed by atoms with Gasteiger partial charge in [0.25, 0.3) is 0 Å². The van der Waals surface area contributed by atoms with E-state index in [2.05, 4.69) is 15.1 Å². The topological polar surface area (TPSA) is 110 Å². The predicted molar refractivity (Wildman–Crippen MR) is 92.9 cm³/mol. The zero-order chi connectivity index (χ0) is 19.1. The lowest BCUT2D eigenvalue weighted by molar-refractivity contribution is -0.158. The van der Waals surface area contributed by atoms with Crippen LogP contribution >= 0.6 is 0 Å². The van der Waals surface area contributed by atoms with E-state index in [1.807, 2.05) is 0 Å². The van der Waals surface area contributed by atoms with Gasteiger partial charge in [-0.3, -0.25) is 9.63 Å². The molecule has 1 saturated carbocycles. The van der Waals surface area contributed by atoms with Crippen LogP contribution in [0.3, 0.4) is 0 Å². The minimum absolute atomic E-state index is 0.0702. The number of hydrogen-bond acceptors (Lipinski definition) is 7. The van der Waals surface area contributed by atoms with Gasteiger partial charge >= 0.3 is 5.97 Å². The first-order chi connectivity index (χ1) is 13.0. The number of carbonyl (C=O) groups excluding carboxylic acids is 1. The van der Waals surface area contributed by atoms with E-state index in [0.717, 1.165) is 12.8 Å². The molecule has 27 heavy (non-hydrogen) atoms.